The summed E-state index contributed by atoms with van der Waals surface area (Å²) >= 11 is 5.98. The molecule has 0 bridgehead atoms. The van der Waals surface area contributed by atoms with Crippen molar-refractivity contribution >= 4 is 29.1 Å². The average molecular weight is 361 g/mol. The van der Waals surface area contributed by atoms with Crippen LogP contribution in [0.3, 0.4) is 0 Å². The molecule has 0 aliphatic heterocycles. The molecule has 2 aromatic rings. The molecule has 0 unspecified atom stereocenters. The normalized spacial score (nSPS) is 18.6. The smallest absolute Gasteiger partial charge is 0.253 e. The molecule has 0 heterocycles. The van der Waals surface area contributed by atoms with E-state index in [0.717, 1.165) is 5.56 Å². The van der Waals surface area contributed by atoms with E-state index in [1.807, 2.05) is 18.2 Å². The molecule has 4 nitrogen and oxygen atoms in total. The molecule has 1 saturated carbocycles. The fourth-order valence-corrected chi connectivity index (χ4v) is 3.03. The fraction of sp³-hybridized carbons (Fsp3) is 0.263. The third-order valence-electron chi connectivity index (χ3n) is 4.28. The largest absolute Gasteiger partial charge is 0.345 e. The summed E-state index contributed by atoms with van der Waals surface area (Å²) in [5.74, 6) is -1.19. The maximum absolute atomic E-state index is 14.0. The lowest BCUT2D eigenvalue weighted by Gasteiger charge is -2.12. The summed E-state index contributed by atoms with van der Waals surface area (Å²) in [6, 6.07) is 11.4. The number of rotatable bonds is 4. The second-order valence-corrected chi connectivity index (χ2v) is 6.82. The van der Waals surface area contributed by atoms with Crippen LogP contribution in [0.5, 0.6) is 0 Å². The van der Waals surface area contributed by atoms with Crippen molar-refractivity contribution in [3.63, 3.8) is 0 Å². The Bertz CT molecular complexity index is 838. The minimum Gasteiger partial charge on any atom is -0.345 e. The number of hydrogen-bond acceptors (Lipinski definition) is 2. The molecule has 0 aromatic heterocycles. The van der Waals surface area contributed by atoms with Gasteiger partial charge in [0.25, 0.3) is 5.91 Å². The van der Waals surface area contributed by atoms with E-state index in [2.05, 4.69) is 5.32 Å². The van der Waals surface area contributed by atoms with Crippen LogP contribution in [-0.4, -0.2) is 30.8 Å². The number of carbonyl (C=O) groups excluding carboxylic acids is 2. The minimum absolute atomic E-state index is 0.0226. The summed E-state index contributed by atoms with van der Waals surface area (Å²) in [6.45, 7) is 0. The maximum atomic E-state index is 14.0. The van der Waals surface area contributed by atoms with Crippen LogP contribution in [0.4, 0.5) is 10.1 Å². The zero-order valence-electron chi connectivity index (χ0n) is 13.9. The summed E-state index contributed by atoms with van der Waals surface area (Å²) in [7, 11) is 3.23. The molecular weight excluding hydrogens is 343 g/mol. The van der Waals surface area contributed by atoms with Crippen LogP contribution in [0.25, 0.3) is 0 Å². The quantitative estimate of drug-likeness (QED) is 0.898. The molecule has 0 radical (unpaired) electrons. The number of halogens is 2. The number of amides is 2. The van der Waals surface area contributed by atoms with E-state index in [0.29, 0.717) is 17.0 Å². The molecule has 2 amide bonds. The predicted molar refractivity (Wildman–Crippen MR) is 95.3 cm³/mol. The van der Waals surface area contributed by atoms with Gasteiger partial charge in [0.05, 0.1) is 5.69 Å². The Morgan fingerprint density at radius 2 is 1.96 bits per heavy atom. The summed E-state index contributed by atoms with van der Waals surface area (Å²) < 4.78 is 14.0. The third kappa shape index (κ3) is 3.82. The Balaban J connectivity index is 1.72. The Kier molecular flexibility index (Phi) is 4.77. The van der Waals surface area contributed by atoms with Crippen LogP contribution < -0.4 is 5.32 Å². The van der Waals surface area contributed by atoms with Gasteiger partial charge in [-0.2, -0.15) is 0 Å². The first kappa shape index (κ1) is 17.4. The van der Waals surface area contributed by atoms with Crippen molar-refractivity contribution in [1.29, 1.82) is 0 Å². The molecule has 3 rings (SSSR count). The van der Waals surface area contributed by atoms with Gasteiger partial charge >= 0.3 is 0 Å². The molecule has 1 aliphatic carbocycles. The number of hydrogen-bond donors (Lipinski definition) is 1. The molecular formula is C19H18ClFN2O2. The molecule has 0 saturated heterocycles. The first-order chi connectivity index (χ1) is 11.9. The summed E-state index contributed by atoms with van der Waals surface area (Å²) in [6.07, 6.45) is 0.699. The Morgan fingerprint density at radius 3 is 2.64 bits per heavy atom. The molecule has 1 aliphatic rings. The van der Waals surface area contributed by atoms with Crippen LogP contribution in [-0.2, 0) is 4.79 Å². The van der Waals surface area contributed by atoms with Crippen molar-refractivity contribution < 1.29 is 14.0 Å². The summed E-state index contributed by atoms with van der Waals surface area (Å²) in [5, 5.41) is 3.23. The van der Waals surface area contributed by atoms with Gasteiger partial charge in [-0.25, -0.2) is 4.39 Å². The Morgan fingerprint density at radius 1 is 1.20 bits per heavy atom. The lowest BCUT2D eigenvalue weighted by atomic mass is 10.1. The fourth-order valence-electron chi connectivity index (χ4n) is 2.83. The van der Waals surface area contributed by atoms with Gasteiger partial charge in [-0.15, -0.1) is 0 Å². The predicted octanol–water partition coefficient (Wildman–Crippen LogP) is 3.92. The minimum atomic E-state index is -0.566. The molecule has 1 N–H and O–H groups in total. The van der Waals surface area contributed by atoms with Crippen molar-refractivity contribution in [2.45, 2.75) is 12.3 Å². The van der Waals surface area contributed by atoms with E-state index in [1.165, 1.54) is 23.1 Å². The third-order valence-corrected chi connectivity index (χ3v) is 4.52. The van der Waals surface area contributed by atoms with Gasteiger partial charge in [0.2, 0.25) is 5.91 Å². The van der Waals surface area contributed by atoms with Gasteiger partial charge in [0.15, 0.2) is 0 Å². The van der Waals surface area contributed by atoms with Crippen LogP contribution in [0.2, 0.25) is 5.02 Å². The molecule has 2 aromatic carbocycles. The van der Waals surface area contributed by atoms with E-state index in [-0.39, 0.29) is 29.3 Å². The summed E-state index contributed by atoms with van der Waals surface area (Å²) in [5.41, 5.74) is 1.35. The van der Waals surface area contributed by atoms with Crippen LogP contribution in [0, 0.1) is 11.7 Å². The number of anilines is 1. The van der Waals surface area contributed by atoms with Crippen molar-refractivity contribution in [3.05, 3.63) is 64.4 Å². The van der Waals surface area contributed by atoms with Gasteiger partial charge in [0, 0.05) is 30.6 Å². The lowest BCUT2D eigenvalue weighted by molar-refractivity contribution is -0.117. The van der Waals surface area contributed by atoms with Gasteiger partial charge < -0.3 is 10.2 Å². The van der Waals surface area contributed by atoms with Gasteiger partial charge in [-0.05, 0) is 48.2 Å². The van der Waals surface area contributed by atoms with Crippen LogP contribution in [0.15, 0.2) is 42.5 Å². The first-order valence-corrected chi connectivity index (χ1v) is 8.32. The van der Waals surface area contributed by atoms with Crippen molar-refractivity contribution in [3.8, 4) is 0 Å². The number of nitrogens with one attached hydrogen (secondary N) is 1. The van der Waals surface area contributed by atoms with Gasteiger partial charge in [0.1, 0.15) is 5.82 Å². The molecule has 25 heavy (non-hydrogen) atoms. The highest BCUT2D eigenvalue weighted by Crippen LogP contribution is 2.48. The number of carbonyl (C=O) groups is 2. The number of nitrogens with zero attached hydrogens (tertiary/aromatic N) is 1. The van der Waals surface area contributed by atoms with Gasteiger partial charge in [-0.1, -0.05) is 23.7 Å². The van der Waals surface area contributed by atoms with E-state index < -0.39 is 5.82 Å². The lowest BCUT2D eigenvalue weighted by Crippen LogP contribution is -2.22. The van der Waals surface area contributed by atoms with Crippen molar-refractivity contribution in [2.24, 2.45) is 5.92 Å². The van der Waals surface area contributed by atoms with E-state index >= 15 is 0 Å². The topological polar surface area (TPSA) is 49.4 Å². The highest BCUT2D eigenvalue weighted by Gasteiger charge is 2.44. The Hall–Kier alpha value is -2.40. The van der Waals surface area contributed by atoms with E-state index in [1.54, 1.807) is 20.2 Å². The standard InChI is InChI=1S/C19H18ClFN2O2/c1-23(2)19(25)12-6-7-16(21)17(9-12)22-18(24)15-10-14(15)11-4-3-5-13(20)8-11/h3-9,14-15H,10H2,1-2H3,(H,22,24)/t14-,15+/m0/s1. The van der Waals surface area contributed by atoms with Crippen LogP contribution >= 0.6 is 11.6 Å². The first-order valence-electron chi connectivity index (χ1n) is 7.94. The average Bonchev–Trinajstić information content (AvgIpc) is 3.37. The molecule has 1 fully saturated rings. The molecule has 2 atom stereocenters. The molecule has 6 heteroatoms. The monoisotopic (exact) mass is 360 g/mol. The van der Waals surface area contributed by atoms with E-state index in [9.17, 15) is 14.0 Å². The van der Waals surface area contributed by atoms with E-state index in [4.69, 9.17) is 11.6 Å². The maximum Gasteiger partial charge on any atom is 0.253 e. The Labute approximate surface area is 150 Å². The second kappa shape index (κ2) is 6.84. The zero-order chi connectivity index (χ0) is 18.1. The second-order valence-electron chi connectivity index (χ2n) is 6.39. The SMILES string of the molecule is CN(C)C(=O)c1ccc(F)c(NC(=O)[C@@H]2C[C@H]2c2cccc(Cl)c2)c1. The molecule has 130 valence electrons. The zero-order valence-corrected chi connectivity index (χ0v) is 14.7. The number of benzene rings is 2. The van der Waals surface area contributed by atoms with Crippen molar-refractivity contribution in [2.75, 3.05) is 19.4 Å². The van der Waals surface area contributed by atoms with Crippen LogP contribution in [0.1, 0.15) is 28.3 Å². The van der Waals surface area contributed by atoms with Crippen molar-refractivity contribution in [1.82, 2.24) is 4.90 Å². The highest BCUT2D eigenvalue weighted by atomic mass is 35.5. The summed E-state index contributed by atoms with van der Waals surface area (Å²) in [4.78, 5) is 25.8. The molecule has 0 spiro atoms. The van der Waals surface area contributed by atoms with Gasteiger partial charge in [-0.3, -0.25) is 9.59 Å². The highest BCUT2D eigenvalue weighted by molar-refractivity contribution is 6.30.